The van der Waals surface area contributed by atoms with E-state index in [1.54, 1.807) is 0 Å². The van der Waals surface area contributed by atoms with Gasteiger partial charge in [-0.05, 0) is 57.8 Å². The summed E-state index contributed by atoms with van der Waals surface area (Å²) in [6, 6.07) is -0.827. The number of hydrogen-bond acceptors (Lipinski definition) is 4. The van der Waals surface area contributed by atoms with Crippen molar-refractivity contribution in [2.45, 2.75) is 244 Å². The molecule has 0 radical (unpaired) electrons. The van der Waals surface area contributed by atoms with Gasteiger partial charge in [0.1, 0.15) is 6.10 Å². The van der Waals surface area contributed by atoms with E-state index in [2.05, 4.69) is 43.5 Å². The molecular weight excluding hydrogens is 606 g/mol. The third-order valence-corrected chi connectivity index (χ3v) is 10.0. The first-order valence-corrected chi connectivity index (χ1v) is 21.6. The van der Waals surface area contributed by atoms with Gasteiger partial charge < -0.3 is 20.6 Å². The molecule has 0 fully saturated rings. The number of rotatable bonds is 39. The van der Waals surface area contributed by atoms with E-state index in [1.807, 2.05) is 0 Å². The van der Waals surface area contributed by atoms with E-state index in [-0.39, 0.29) is 12.5 Å². The number of carbonyl (C=O) groups excluding carboxylic acids is 1. The van der Waals surface area contributed by atoms with Gasteiger partial charge in [0.05, 0.1) is 18.8 Å². The molecule has 0 aliphatic heterocycles. The van der Waals surface area contributed by atoms with Crippen LogP contribution in [0.2, 0.25) is 0 Å². The Hall–Kier alpha value is -1.17. The van der Waals surface area contributed by atoms with Gasteiger partial charge in [0.15, 0.2) is 0 Å². The Balaban J connectivity index is 3.61. The average molecular weight is 692 g/mol. The van der Waals surface area contributed by atoms with Gasteiger partial charge >= 0.3 is 0 Å². The molecule has 0 bridgehead atoms. The number of aliphatic hydroxyl groups excluding tert-OH is 3. The van der Waals surface area contributed by atoms with Crippen molar-refractivity contribution < 1.29 is 20.1 Å². The zero-order valence-electron chi connectivity index (χ0n) is 32.8. The van der Waals surface area contributed by atoms with Gasteiger partial charge in [-0.2, -0.15) is 0 Å². The second-order valence-electron chi connectivity index (χ2n) is 14.9. The Morgan fingerprint density at radius 2 is 0.837 bits per heavy atom. The fourth-order valence-corrected chi connectivity index (χ4v) is 6.61. The highest BCUT2D eigenvalue weighted by molar-refractivity contribution is 5.76. The summed E-state index contributed by atoms with van der Waals surface area (Å²) in [5.74, 6) is -0.165. The normalized spacial score (nSPS) is 13.8. The van der Waals surface area contributed by atoms with Crippen molar-refractivity contribution >= 4 is 5.91 Å². The third kappa shape index (κ3) is 35.0. The number of unbranched alkanes of at least 4 members (excludes halogenated alkanes) is 27. The van der Waals surface area contributed by atoms with Crippen LogP contribution in [0.25, 0.3) is 0 Å². The molecule has 0 aliphatic rings. The van der Waals surface area contributed by atoms with Crippen molar-refractivity contribution in [3.05, 3.63) is 24.3 Å². The monoisotopic (exact) mass is 692 g/mol. The zero-order valence-corrected chi connectivity index (χ0v) is 32.8. The van der Waals surface area contributed by atoms with Crippen LogP contribution >= 0.6 is 0 Å². The summed E-state index contributed by atoms with van der Waals surface area (Å²) in [4.78, 5) is 12.3. The van der Waals surface area contributed by atoms with Crippen LogP contribution < -0.4 is 5.32 Å². The molecule has 0 aromatic carbocycles. The van der Waals surface area contributed by atoms with Gasteiger partial charge in [0, 0.05) is 6.42 Å². The van der Waals surface area contributed by atoms with Crippen molar-refractivity contribution in [2.24, 2.45) is 0 Å². The van der Waals surface area contributed by atoms with Crippen LogP contribution in [0.1, 0.15) is 226 Å². The lowest BCUT2D eigenvalue weighted by Gasteiger charge is -2.26. The molecule has 0 aliphatic carbocycles. The summed E-state index contributed by atoms with van der Waals surface area (Å²) in [6.45, 7) is 4.12. The van der Waals surface area contributed by atoms with E-state index < -0.39 is 18.2 Å². The highest BCUT2D eigenvalue weighted by Gasteiger charge is 2.26. The lowest BCUT2D eigenvalue weighted by atomic mass is 10.0. The molecule has 4 N–H and O–H groups in total. The van der Waals surface area contributed by atoms with Crippen molar-refractivity contribution in [3.8, 4) is 0 Å². The Morgan fingerprint density at radius 3 is 1.24 bits per heavy atom. The van der Waals surface area contributed by atoms with Crippen LogP contribution in [0.3, 0.4) is 0 Å². The SMILES string of the molecule is CCCC/C=C\CCCCCCCC(=O)NC(CO)C(O)C(O)CCC/C=C/CCCCCCCCCCCCCCCCCCCCC. The lowest BCUT2D eigenvalue weighted by Crippen LogP contribution is -2.50. The molecular formula is C44H85NO4. The largest absolute Gasteiger partial charge is 0.394 e. The summed E-state index contributed by atoms with van der Waals surface area (Å²) in [6.07, 6.45) is 47.3. The standard InChI is InChI=1S/C44H85NO4/c1-3-5-7-9-11-13-15-16-17-18-19-20-21-22-23-24-25-26-27-29-30-32-34-36-38-42(47)44(49)41(40-46)45-43(48)39-37-35-33-31-28-14-12-10-8-6-4-2/h10,12,30,32,41-42,44,46-47,49H,3-9,11,13-29,31,33-40H2,1-2H3,(H,45,48)/b12-10-,32-30+. The zero-order chi connectivity index (χ0) is 35.9. The number of allylic oxidation sites excluding steroid dienone is 4. The maximum atomic E-state index is 12.3. The van der Waals surface area contributed by atoms with E-state index in [0.29, 0.717) is 12.8 Å². The molecule has 0 saturated carbocycles. The quantitative estimate of drug-likeness (QED) is 0.0381. The maximum Gasteiger partial charge on any atom is 0.220 e. The van der Waals surface area contributed by atoms with E-state index in [0.717, 1.165) is 44.9 Å². The predicted octanol–water partition coefficient (Wildman–Crippen LogP) is 12.2. The molecule has 3 unspecified atom stereocenters. The van der Waals surface area contributed by atoms with Crippen LogP contribution in [0, 0.1) is 0 Å². The Bertz CT molecular complexity index is 724. The Morgan fingerprint density at radius 1 is 0.490 bits per heavy atom. The lowest BCUT2D eigenvalue weighted by molar-refractivity contribution is -0.124. The molecule has 0 spiro atoms. The number of carbonyl (C=O) groups is 1. The minimum absolute atomic E-state index is 0.165. The molecule has 0 rings (SSSR count). The van der Waals surface area contributed by atoms with E-state index in [1.165, 1.54) is 154 Å². The van der Waals surface area contributed by atoms with Gasteiger partial charge in [0.2, 0.25) is 5.91 Å². The first kappa shape index (κ1) is 47.8. The number of hydrogen-bond donors (Lipinski definition) is 4. The molecule has 5 nitrogen and oxygen atoms in total. The van der Waals surface area contributed by atoms with E-state index in [4.69, 9.17) is 0 Å². The van der Waals surface area contributed by atoms with Crippen molar-refractivity contribution in [2.75, 3.05) is 6.61 Å². The van der Waals surface area contributed by atoms with Gasteiger partial charge in [-0.1, -0.05) is 186 Å². The minimum Gasteiger partial charge on any atom is -0.394 e. The second-order valence-corrected chi connectivity index (χ2v) is 14.9. The Kier molecular flexibility index (Phi) is 38.7. The molecule has 0 saturated heterocycles. The molecule has 3 atom stereocenters. The fraction of sp³-hybridized carbons (Fsp3) is 0.886. The first-order valence-electron chi connectivity index (χ1n) is 21.6. The second kappa shape index (κ2) is 39.6. The highest BCUT2D eigenvalue weighted by Crippen LogP contribution is 2.16. The summed E-state index contributed by atoms with van der Waals surface area (Å²) in [7, 11) is 0. The summed E-state index contributed by atoms with van der Waals surface area (Å²) in [5.41, 5.74) is 0. The molecule has 0 aromatic heterocycles. The van der Waals surface area contributed by atoms with Crippen LogP contribution in [-0.4, -0.2) is 46.1 Å². The molecule has 5 heteroatoms. The van der Waals surface area contributed by atoms with E-state index >= 15 is 0 Å². The summed E-state index contributed by atoms with van der Waals surface area (Å²) in [5, 5.41) is 33.4. The topological polar surface area (TPSA) is 89.8 Å². The number of aliphatic hydroxyl groups is 3. The molecule has 0 aromatic rings. The average Bonchev–Trinajstić information content (AvgIpc) is 3.10. The highest BCUT2D eigenvalue weighted by atomic mass is 16.3. The van der Waals surface area contributed by atoms with E-state index in [9.17, 15) is 20.1 Å². The predicted molar refractivity (Wildman–Crippen MR) is 213 cm³/mol. The molecule has 1 amide bonds. The van der Waals surface area contributed by atoms with Crippen molar-refractivity contribution in [1.29, 1.82) is 0 Å². The third-order valence-electron chi connectivity index (χ3n) is 10.0. The number of amides is 1. The molecule has 0 heterocycles. The van der Waals surface area contributed by atoms with Gasteiger partial charge in [-0.15, -0.1) is 0 Å². The van der Waals surface area contributed by atoms with Gasteiger partial charge in [-0.25, -0.2) is 0 Å². The maximum absolute atomic E-state index is 12.3. The minimum atomic E-state index is -1.16. The van der Waals surface area contributed by atoms with Crippen molar-refractivity contribution in [1.82, 2.24) is 5.32 Å². The van der Waals surface area contributed by atoms with Crippen LogP contribution in [0.4, 0.5) is 0 Å². The van der Waals surface area contributed by atoms with Crippen molar-refractivity contribution in [3.63, 3.8) is 0 Å². The summed E-state index contributed by atoms with van der Waals surface area (Å²) >= 11 is 0. The Labute approximate surface area is 305 Å². The van der Waals surface area contributed by atoms with Crippen LogP contribution in [0.5, 0.6) is 0 Å². The molecule has 290 valence electrons. The fourth-order valence-electron chi connectivity index (χ4n) is 6.61. The summed E-state index contributed by atoms with van der Waals surface area (Å²) < 4.78 is 0. The van der Waals surface area contributed by atoms with Crippen LogP contribution in [0.15, 0.2) is 24.3 Å². The van der Waals surface area contributed by atoms with Gasteiger partial charge in [-0.3, -0.25) is 4.79 Å². The first-order chi connectivity index (χ1) is 24.1. The van der Waals surface area contributed by atoms with Crippen LogP contribution in [-0.2, 0) is 4.79 Å². The van der Waals surface area contributed by atoms with Gasteiger partial charge in [0.25, 0.3) is 0 Å². The smallest absolute Gasteiger partial charge is 0.220 e. The number of nitrogens with one attached hydrogen (secondary N) is 1. The molecule has 49 heavy (non-hydrogen) atoms.